The zero-order chi connectivity index (χ0) is 13.5. The summed E-state index contributed by atoms with van der Waals surface area (Å²) in [5.74, 6) is -0.824. The first kappa shape index (κ1) is 13.4. The molecule has 2 saturated carbocycles. The van der Waals surface area contributed by atoms with Gasteiger partial charge in [-0.2, -0.15) is 0 Å². The molecule has 2 N–H and O–H groups in total. The molecule has 2 fully saturated rings. The largest absolute Gasteiger partial charge is 0.481 e. The molecule has 4 unspecified atom stereocenters. The average molecular weight is 253 g/mol. The maximum Gasteiger partial charge on any atom is 0.307 e. The summed E-state index contributed by atoms with van der Waals surface area (Å²) >= 11 is 0. The summed E-state index contributed by atoms with van der Waals surface area (Å²) in [6, 6.07) is 0. The van der Waals surface area contributed by atoms with Crippen molar-refractivity contribution in [2.45, 2.75) is 40.0 Å². The first-order valence-corrected chi connectivity index (χ1v) is 6.82. The minimum absolute atomic E-state index is 0.0607. The van der Waals surface area contributed by atoms with Crippen LogP contribution in [0.15, 0.2) is 0 Å². The van der Waals surface area contributed by atoms with Crippen molar-refractivity contribution in [3.8, 4) is 0 Å². The lowest BCUT2D eigenvalue weighted by atomic mass is 9.95. The Morgan fingerprint density at radius 2 is 1.83 bits per heavy atom. The molecule has 2 rings (SSSR count). The summed E-state index contributed by atoms with van der Waals surface area (Å²) in [6.07, 6.45) is 2.48. The smallest absolute Gasteiger partial charge is 0.307 e. The predicted octanol–water partition coefficient (Wildman–Crippen LogP) is 1.90. The van der Waals surface area contributed by atoms with Gasteiger partial charge in [0, 0.05) is 6.54 Å². The van der Waals surface area contributed by atoms with Crippen LogP contribution in [-0.2, 0) is 9.59 Å². The lowest BCUT2D eigenvalue weighted by molar-refractivity contribution is -0.146. The Hall–Kier alpha value is -1.06. The highest BCUT2D eigenvalue weighted by Gasteiger charge is 2.46. The van der Waals surface area contributed by atoms with Gasteiger partial charge in [0.1, 0.15) is 0 Å². The second kappa shape index (κ2) is 4.56. The number of hydrogen-bond acceptors (Lipinski definition) is 2. The summed E-state index contributed by atoms with van der Waals surface area (Å²) in [6.45, 7) is 7.11. The number of nitrogens with one attached hydrogen (secondary N) is 1. The van der Waals surface area contributed by atoms with E-state index in [2.05, 4.69) is 19.2 Å². The van der Waals surface area contributed by atoms with E-state index in [0.717, 1.165) is 6.42 Å². The van der Waals surface area contributed by atoms with Gasteiger partial charge < -0.3 is 10.4 Å². The van der Waals surface area contributed by atoms with Gasteiger partial charge >= 0.3 is 5.97 Å². The molecule has 0 aromatic carbocycles. The van der Waals surface area contributed by atoms with Gasteiger partial charge in [0.2, 0.25) is 5.91 Å². The van der Waals surface area contributed by atoms with E-state index in [1.54, 1.807) is 0 Å². The van der Waals surface area contributed by atoms with Crippen molar-refractivity contribution in [3.63, 3.8) is 0 Å². The topological polar surface area (TPSA) is 66.4 Å². The number of aliphatic carboxylic acids is 1. The van der Waals surface area contributed by atoms with E-state index in [-0.39, 0.29) is 11.8 Å². The molecule has 0 saturated heterocycles. The SMILES string of the molecule is CC1CC(C(=O)O)C(C(=O)NCC2CC2(C)C)C1. The predicted molar refractivity (Wildman–Crippen MR) is 67.9 cm³/mol. The molecule has 0 aliphatic heterocycles. The van der Waals surface area contributed by atoms with E-state index < -0.39 is 11.9 Å². The van der Waals surface area contributed by atoms with Gasteiger partial charge in [-0.25, -0.2) is 0 Å². The van der Waals surface area contributed by atoms with E-state index in [4.69, 9.17) is 5.11 Å². The van der Waals surface area contributed by atoms with Crippen molar-refractivity contribution in [3.05, 3.63) is 0 Å². The summed E-state index contributed by atoms with van der Waals surface area (Å²) in [5, 5.41) is 12.1. The molecule has 4 atom stereocenters. The molecule has 0 heterocycles. The molecule has 2 aliphatic carbocycles. The maximum atomic E-state index is 12.1. The second-order valence-corrected chi connectivity index (χ2v) is 6.76. The number of carbonyl (C=O) groups excluding carboxylic acids is 1. The average Bonchev–Trinajstić information content (AvgIpc) is 2.70. The third kappa shape index (κ3) is 2.68. The Labute approximate surface area is 108 Å². The van der Waals surface area contributed by atoms with Crippen molar-refractivity contribution in [1.29, 1.82) is 0 Å². The van der Waals surface area contributed by atoms with Gasteiger partial charge in [0.05, 0.1) is 11.8 Å². The van der Waals surface area contributed by atoms with Crippen molar-refractivity contribution < 1.29 is 14.7 Å². The number of carbonyl (C=O) groups is 2. The molecule has 2 aliphatic rings. The van der Waals surface area contributed by atoms with Crippen LogP contribution in [0, 0.1) is 29.1 Å². The van der Waals surface area contributed by atoms with E-state index in [1.807, 2.05) is 6.92 Å². The van der Waals surface area contributed by atoms with Crippen LogP contribution in [0.2, 0.25) is 0 Å². The highest BCUT2D eigenvalue weighted by molar-refractivity contribution is 5.85. The first-order chi connectivity index (χ1) is 8.31. The van der Waals surface area contributed by atoms with Gasteiger partial charge in [-0.05, 0) is 36.5 Å². The van der Waals surface area contributed by atoms with Crippen LogP contribution in [0.4, 0.5) is 0 Å². The number of rotatable bonds is 4. The van der Waals surface area contributed by atoms with Crippen LogP contribution < -0.4 is 5.32 Å². The third-order valence-corrected chi connectivity index (χ3v) is 4.69. The minimum Gasteiger partial charge on any atom is -0.481 e. The minimum atomic E-state index is -0.828. The van der Waals surface area contributed by atoms with Crippen LogP contribution in [0.5, 0.6) is 0 Å². The van der Waals surface area contributed by atoms with Crippen molar-refractivity contribution in [1.82, 2.24) is 5.32 Å². The van der Waals surface area contributed by atoms with Gasteiger partial charge in [0.15, 0.2) is 0 Å². The molecule has 4 nitrogen and oxygen atoms in total. The van der Waals surface area contributed by atoms with Crippen LogP contribution >= 0.6 is 0 Å². The Kier molecular flexibility index (Phi) is 3.39. The molecule has 0 bridgehead atoms. The highest BCUT2D eigenvalue weighted by Crippen LogP contribution is 2.51. The molecule has 0 aromatic rings. The molecular formula is C14H23NO3. The number of carboxylic acid groups (broad SMARTS) is 1. The van der Waals surface area contributed by atoms with Gasteiger partial charge in [-0.3, -0.25) is 9.59 Å². The maximum absolute atomic E-state index is 12.1. The molecule has 0 aromatic heterocycles. The molecule has 18 heavy (non-hydrogen) atoms. The number of carboxylic acids is 1. The zero-order valence-corrected chi connectivity index (χ0v) is 11.4. The first-order valence-electron chi connectivity index (χ1n) is 6.82. The quantitative estimate of drug-likeness (QED) is 0.804. The fourth-order valence-corrected chi connectivity index (χ4v) is 3.13. The van der Waals surface area contributed by atoms with Crippen molar-refractivity contribution in [2.75, 3.05) is 6.54 Å². The lowest BCUT2D eigenvalue weighted by Gasteiger charge is -2.15. The normalized spacial score (nSPS) is 37.3. The zero-order valence-electron chi connectivity index (χ0n) is 11.4. The van der Waals surface area contributed by atoms with Gasteiger partial charge in [-0.1, -0.05) is 20.8 Å². The summed E-state index contributed by atoms with van der Waals surface area (Å²) in [5.41, 5.74) is 0.350. The third-order valence-electron chi connectivity index (χ3n) is 4.69. The second-order valence-electron chi connectivity index (χ2n) is 6.76. The van der Waals surface area contributed by atoms with Gasteiger partial charge in [-0.15, -0.1) is 0 Å². The Bertz CT molecular complexity index is 364. The highest BCUT2D eigenvalue weighted by atomic mass is 16.4. The number of amides is 1. The Morgan fingerprint density at radius 3 is 2.33 bits per heavy atom. The molecule has 1 amide bonds. The van der Waals surface area contributed by atoms with Gasteiger partial charge in [0.25, 0.3) is 0 Å². The summed E-state index contributed by atoms with van der Waals surface area (Å²) < 4.78 is 0. The monoisotopic (exact) mass is 253 g/mol. The van der Waals surface area contributed by atoms with Crippen LogP contribution in [-0.4, -0.2) is 23.5 Å². The standard InChI is InChI=1S/C14H23NO3/c1-8-4-10(11(5-8)13(17)18)12(16)15-7-9-6-14(9,2)3/h8-11H,4-7H2,1-3H3,(H,15,16)(H,17,18). The van der Waals surface area contributed by atoms with E-state index >= 15 is 0 Å². The van der Waals surface area contributed by atoms with E-state index in [9.17, 15) is 9.59 Å². The molecule has 0 spiro atoms. The van der Waals surface area contributed by atoms with Crippen LogP contribution in [0.25, 0.3) is 0 Å². The van der Waals surface area contributed by atoms with Crippen molar-refractivity contribution in [2.24, 2.45) is 29.1 Å². The van der Waals surface area contributed by atoms with E-state index in [0.29, 0.717) is 36.6 Å². The molecule has 102 valence electrons. The van der Waals surface area contributed by atoms with E-state index in [1.165, 1.54) is 0 Å². The van der Waals surface area contributed by atoms with Crippen LogP contribution in [0.3, 0.4) is 0 Å². The fourth-order valence-electron chi connectivity index (χ4n) is 3.13. The molecule has 0 radical (unpaired) electrons. The number of hydrogen-bond donors (Lipinski definition) is 2. The summed E-state index contributed by atoms with van der Waals surface area (Å²) in [7, 11) is 0. The Morgan fingerprint density at radius 1 is 1.28 bits per heavy atom. The molecule has 4 heteroatoms. The van der Waals surface area contributed by atoms with Crippen molar-refractivity contribution >= 4 is 11.9 Å². The van der Waals surface area contributed by atoms with Crippen LogP contribution in [0.1, 0.15) is 40.0 Å². The lowest BCUT2D eigenvalue weighted by Crippen LogP contribution is -2.36. The Balaban J connectivity index is 1.86. The fraction of sp³-hybridized carbons (Fsp3) is 0.857. The molecular weight excluding hydrogens is 230 g/mol. The summed E-state index contributed by atoms with van der Waals surface area (Å²) in [4.78, 5) is 23.2.